The number of ether oxygens (including phenoxy) is 7. The number of amides is 1. The largest absolute Gasteiger partial charge is 0.456 e. The summed E-state index contributed by atoms with van der Waals surface area (Å²) in [4.78, 5) is 63.2. The maximum absolute atomic E-state index is 15.7. The molecule has 2 saturated heterocycles. The molecule has 0 aromatic heterocycles. The third-order valence-electron chi connectivity index (χ3n) is 20.3. The molecule has 0 spiro atoms. The molecule has 19 atom stereocenters. The van der Waals surface area contributed by atoms with E-state index < -0.39 is 113 Å². The molecular formula is C61H765NO12. The zero-order valence-corrected chi connectivity index (χ0v) is 49.6. The Labute approximate surface area is 943 Å². The lowest BCUT2D eigenvalue weighted by Crippen LogP contribution is -2.68. The fraction of sp³-hybridized carbons (Fsp3) is 0.836. The van der Waals surface area contributed by atoms with E-state index in [1.807, 2.05) is 90.0 Å². The Balaban J connectivity index is -0.000000000593. The zero-order valence-electron chi connectivity index (χ0n) is 52.6. The van der Waals surface area contributed by atoms with Crippen LogP contribution >= 0.6 is 0 Å². The van der Waals surface area contributed by atoms with Crippen molar-refractivity contribution in [3.8, 4) is 0 Å². The standard InChI is InChI=1S/C61H103NO12.331H2/c1-24-26-46-39(11)37(9)36(8)38(10)40(12)53(69-21)54-51(68-20)31-45(25-2)61(71-23,74-54)55(65)56(66)62-43(15)58(16,17)35(7)29-48(62)57(67)72-52(41(13)49(63)32-50(46)64)47(33(3)4)30-44-27-28-59(18,70-22)60(19,42(44)14)73-34(5)6;;;;;;;;;;;;;;;;;;;;;;;;;;;;;;;;;;;;;;;;;;;;;;;;;;;;;;;;;;;;;;;;;;;;;;;;;;;;;;;;;;;;;;;;;;;;;;;;;;;;;;;;;;;;;;;;;;;;;;;;;;;;;;;;;;;;;;;;;;;;;;;;;;;;;;;;;;;;;;;;;;;;;;;;;;;;;;;;;;;;;;;;;;;;;;;;;;;;;;;;;;;;;;;;;;;;;;;;;;;;;;;;;;;;;;;;;;;;;;;;;;;;;;;;;;;;;;;;;;;;;;;;;;;;;;;;;;;;;;;;;;;;;;;;;;;;;;;;;;;;;;;;;;;;;;;;;;;;;;;;;;;;;;;;;;;/h24,30,33-36,38,40-46,48-49,51-54,63H,1,25-29,31-32H2,2-23H3;331*1H/b39-37?,47-30+;;;;;;;;;;;;;;;;;;;;;;;;;;;;;;;;;;;;;;;;;;;;;;;;;;;;;;;;;;;;;;;;;;;;;;;;;;;;;;;;;;;;;;;;;;;;;;;;;;;;;;;;;;;;;;;;;;;;;;;;;;;;;;;;;;;;;;;;;;;;;;;;;;;;;;;;;;;;;;;;;;;;;;;;;;;;;;;;;;;;;;;;;;;;;;;;;;;;;;;;;;;;;;;;;;;;;;;;;;;;;;;;;;;;;;;;;;;;;;;;;;;;;;;;;;;;;;;;;;;;;;;;;;;;;;;;;;;;;;;;;;;;;;;;;;;;;;;;;;;;;;;;;;;;;;;;;;;;;;;;;;;;;;;;;;;/t35?,36?,38-,40?,41+,42?,43?,44-,45+,46+,48-,49-,51-,52-,53-,54-,59+,60+,61+;;;;;;;;;;;;;;;;;;;;;;;;;;;;;;;;;;;;;;;;;;;;;;;;;;;;;;;;;;;;;;;;;;;;;;;;;;;;;;;;;;;;;;;;;;;;;;;;;;;;;;;;;;;;;;;;;;;;;;;;;;;;;;;;;;;;;;;;;;;;;;;;;;;;;;;;;;;;;;;;;;;;;;;;;;;;;;;;;;;;;;;;;;;;;;;;;;;;;;;;;;;;;;;;;;;;;;;;;;;;;;;;;;;;;;;;;;;;;;;;;;;;;;;;;;;;;;;;;;;;;;;;;;;;;;;;;;;;;;;;;;;;;;;;;;;;;;;;;;;;;;;;;;;;;;;;;;;;;;;;;;;;;;;;;;;/m0.........................................................................................................................................................................................................................................................................................................................................../s1/i20D3;;;;;;;;;;;;;;;;;;;;;;;;;;;;;;;;;;;;;;;;;;;;;;;;;;;;;;;;;;;;;;;;;;;;;;;;;;;;;;;;;;;;;;;;;;;;;;;;;;;;;;;;;;;;;;;;;;;;;;;;;;;;;;;;;;;;;;;;;;;;;;;;;;;;;;;;;;;;;;;;;;;;;;;;;;;;;;;;;;;;;;;;;;;;;;;;;;;;;;;;;;;;;;;;;;;;;;;;;;;;;;;;;;;;;;;;;;;;;;;;;;;;;;;;;;;;;;;;;;;;;;;;;;;;;;;;;;;;;;;;;;;;;;;;;;;;;;;;;;;;;;;;;;;;;;;;;;;;;;;;;;;;;;;;;;;. The molecule has 3 heterocycles. The highest BCUT2D eigenvalue weighted by molar-refractivity contribution is 6.39. The highest BCUT2D eigenvalue weighted by atomic mass is 16.7. The Morgan fingerprint density at radius 2 is 1.55 bits per heavy atom. The molecule has 1086 valence electrons. The van der Waals surface area contributed by atoms with E-state index in [1.54, 1.807) is 13.2 Å². The van der Waals surface area contributed by atoms with Crippen molar-refractivity contribution in [1.29, 1.82) is 0 Å². The lowest BCUT2D eigenvalue weighted by molar-refractivity contribution is -0.317. The Morgan fingerprint density at radius 3 is 2.08 bits per heavy atom. The minimum atomic E-state index is -2.86. The lowest BCUT2D eigenvalue weighted by atomic mass is 9.62. The van der Waals surface area contributed by atoms with E-state index in [0.29, 0.717) is 12.8 Å². The second kappa shape index (κ2) is 25.3. The molecule has 74 heavy (non-hydrogen) atoms. The summed E-state index contributed by atoms with van der Waals surface area (Å²) in [5.41, 5.74) is 0.596. The molecule has 1 saturated carbocycles. The SMILES string of the molecule is [2H]C([2H])([2H])O[C@H]1C[C@@H](CC)[C@@]2(OC)O[C@@H]1[C@@H](OC)C(C)[C@@H](C)C(C)C(C)=C(C)[C@@H](CC=C)C(=O)C[C@H](O)[C@@H](C)[C@@H](/C(=C/[C@@H]1CC[C@@](C)(OC)[C@](C)(OC(C)C)C1C)C(C)C)OC(=O)[C@@H]1CC(C)C(C)(C)C(C)N1C(=O)C2=O.[HH].[HH].[HH].[HH].[HH].[HH].[HH].[HH].[HH].[HH].[HH].[HH].[HH].[HH].[HH].[HH].[HH].[HH].[HH].[HH].[HH].[HH].[HH].[HH].[HH].[HH].[HH].[HH].[HH].[HH].[HH].[HH].[HH].[HH].[HH].[HH].[HH].[HH].[HH].[HH].[HH].[HH].[HH].[HH].[HH].[HH].[HH].[HH].[HH].[HH].[HH].[HH].[HH].[HH].[HH].[HH].[HH].[HH].[HH].[HH].[HH].[HH].[HH].[HH].[HH].[HH].[HH].[HH].[HH].[HH].[HH].[HH].[HH].[HH].[HH].[HH].[HH].[HH].[HH].[HH].[HH].[HH].[HH].[HH].[HH].[HH].[HH].[HH].[HH].[HH].[HH].[HH].[HH].[HH].[HH].[HH].[HH].[HH].[HH].[HH].[HH].[HH].[HH].[HH].[HH].[HH].[HH].[HH].[HH].[HH].[HH].[HH].[HH].[HH].[HH].[HH].[HH].[HH].[HH].[HH].[HH].[HH].[HH].[HH].[HH].[HH].[HH].[HH].[HH].[HH].[HH].[HH].[HH].[HH].[HH].[HH].[HH].[HH].[HH].[HH].[HH].[HH].[HH].[HH].[HH].[HH].[HH].[HH].[HH].[HH].[HH].[HH].[HH].[HH].[HH].[HH].[HH].[HH].[HH].[HH].[HH].[HH].[HH].[HH].[HH].[HH].[HH].[HH].[HH].[HH].[HH].[HH].[HH].[HH].[HH].[HH].[HH].[HH].[HH].[HH].[HH].[HH].[HH].[HH].[HH].[HH].[HH].[HH].[HH].[HH].[HH].[HH].[HH].[HH].[HH].[HH].[HH].[HH].[HH].[HH].[HH].[HH].[HH].[HH].[HH].[HH].[HH].[HH].[HH].[HH].[HH].[HH].[HH].[HH].[HH].[HH].[HH].[HH].[HH].[HH].[HH].[HH].[HH].[HH].[HH].[HH].[HH].[HH].[HH].[HH].[HH].[HH].[HH].[HH].[HH].[HH].[HH].[HH].[HH].[HH].[HH].[HH].[HH].[HH].[HH].[HH].[HH].[HH].[HH].[HH].[HH].[HH].[HH].[HH].[HH].[HH].[HH].[HH].[HH].[HH].[HH].[HH].[HH].[HH].[HH].[HH].[HH].[HH].[HH].[HH].[HH].[HH].[HH].[HH].[HH].[HH].[HH].[HH].[HH].[HH].[HH].[HH].[HH].[HH].[HH].[HH].[HH].[HH].[HH].[HH].[HH].[HH].[HH].[HH].[HH].[HH].[HH].[HH].[HH].[HH].[HH].[HH].[HH].[HH].[HH].[HH].[HH].[HH].[HH].[HH].[HH].[HH].[HH].[HH].[HH].[HH].[HH].[HH].[HH].[HH].[HH].[HH].[HH].[HH].[HH].[HH].[HH].[HH].[HH].[HH].[HH]. The first kappa shape index (κ1) is 58.9. The molecule has 4 aliphatic rings. The van der Waals surface area contributed by atoms with Crippen molar-refractivity contribution in [1.82, 2.24) is 4.90 Å². The van der Waals surface area contributed by atoms with Gasteiger partial charge in [0, 0.05) is 531 Å². The van der Waals surface area contributed by atoms with Crippen LogP contribution in [0.3, 0.4) is 0 Å². The summed E-state index contributed by atoms with van der Waals surface area (Å²) < 4.78 is 69.9. The fourth-order valence-electron chi connectivity index (χ4n) is 13.4. The number of hydrogen-bond donors (Lipinski definition) is 1. The van der Waals surface area contributed by atoms with E-state index in [2.05, 4.69) is 47.3 Å². The molecule has 13 heteroatoms. The number of aliphatic hydroxyl groups is 1. The van der Waals surface area contributed by atoms with Crippen LogP contribution in [0.1, 0.15) is 646 Å². The van der Waals surface area contributed by atoms with Crippen LogP contribution in [-0.4, -0.2) is 128 Å². The number of esters is 1. The van der Waals surface area contributed by atoms with Gasteiger partial charge in [0.05, 0.1) is 39.7 Å². The molecule has 0 aromatic rings. The monoisotopic (exact) mass is 1710 g/mol. The molecule has 3 aliphatic heterocycles. The average molecular weight is 1710 g/mol. The predicted octanol–water partition coefficient (Wildman–Crippen LogP) is 92.4. The maximum atomic E-state index is 15.7. The molecule has 1 amide bonds. The predicted molar refractivity (Wildman–Crippen MR) is 991 cm³/mol. The summed E-state index contributed by atoms with van der Waals surface area (Å²) >= 11 is 0. The Morgan fingerprint density at radius 1 is 0.919 bits per heavy atom. The number of nitrogens with zero attached hydrogens (tertiary/aromatic N) is 1. The summed E-state index contributed by atoms with van der Waals surface area (Å²) in [6.07, 6.45) is 0.0229. The number of allylic oxidation sites excluding steroid dienone is 4. The molecule has 1 aliphatic carbocycles. The number of cyclic esters (lactones) is 1. The van der Waals surface area contributed by atoms with Crippen LogP contribution in [0.15, 0.2) is 35.5 Å². The highest BCUT2D eigenvalue weighted by Gasteiger charge is 2.62. The van der Waals surface area contributed by atoms with E-state index in [1.165, 1.54) is 19.1 Å². The average Bonchev–Trinajstić information content (AvgIpc) is 1.03. The zero-order chi connectivity index (χ0) is 58.8. The van der Waals surface area contributed by atoms with Crippen LogP contribution in [0, 0.1) is 64.6 Å². The number of hydrogen-bond acceptors (Lipinski definition) is 12. The van der Waals surface area contributed by atoms with Crippen LogP contribution in [-0.2, 0) is 52.3 Å². The van der Waals surface area contributed by atoms with Gasteiger partial charge in [0.2, 0.25) is 5.79 Å². The molecule has 3 fully saturated rings. The number of ketones is 2. The van der Waals surface area contributed by atoms with E-state index >= 15 is 14.4 Å². The van der Waals surface area contributed by atoms with Gasteiger partial charge in [-0.05, 0) is 139 Å². The number of aliphatic hydroxyl groups excluding tert-OH is 1. The van der Waals surface area contributed by atoms with Crippen molar-refractivity contribution >= 4 is 23.4 Å². The molecule has 1 N–H and O–H groups in total. The van der Waals surface area contributed by atoms with Gasteiger partial charge in [0.1, 0.15) is 24.0 Å². The molecular weight excluding hydrogens is 939 g/mol. The minimum Gasteiger partial charge on any atom is -0.456 e. The number of Topliss-reactive ketones (excluding diaryl/α,β-unsaturated/α-hetero) is 2. The van der Waals surface area contributed by atoms with Gasteiger partial charge in [-0.3, -0.25) is 14.4 Å². The van der Waals surface area contributed by atoms with Gasteiger partial charge in [-0.25, -0.2) is 4.79 Å². The van der Waals surface area contributed by atoms with Crippen LogP contribution in [0.4, 0.5) is 0 Å². The smallest absolute Gasteiger partial charge is 0.329 e. The Hall–Kier alpha value is -2.78. The maximum Gasteiger partial charge on any atom is 0.329 e. The second-order valence-corrected chi connectivity index (χ2v) is 24.8. The third-order valence-corrected chi connectivity index (χ3v) is 20.3. The topological polar surface area (TPSA) is 156 Å². The summed E-state index contributed by atoms with van der Waals surface area (Å²) in [6.45, 7) is 40.0. The highest BCUT2D eigenvalue weighted by Crippen LogP contribution is 2.51. The molecule has 2 bridgehead atoms. The number of methoxy groups -OCH3 is 4. The number of fused-ring (bicyclic) bond motifs is 3. The Kier molecular flexibility index (Phi) is 20.2. The van der Waals surface area contributed by atoms with Crippen molar-refractivity contribution in [2.45, 2.75) is 235 Å². The fourth-order valence-corrected chi connectivity index (χ4v) is 13.4. The van der Waals surface area contributed by atoms with Crippen molar-refractivity contribution in [2.75, 3.05) is 28.4 Å². The molecule has 13 nitrogen and oxygen atoms in total. The first-order chi connectivity index (χ1) is 35.5. The summed E-state index contributed by atoms with van der Waals surface area (Å²) in [5, 5.41) is 12.5. The molecule has 0 aromatic carbocycles. The number of piperidine rings is 1. The number of carbonyl (C=O) groups excluding carboxylic acids is 4. The van der Waals surface area contributed by atoms with Crippen LogP contribution < -0.4 is 0 Å². The van der Waals surface area contributed by atoms with Crippen molar-refractivity contribution in [2.24, 2.45) is 64.6 Å². The van der Waals surface area contributed by atoms with Gasteiger partial charge >= 0.3 is 5.97 Å². The summed E-state index contributed by atoms with van der Waals surface area (Å²) in [7, 11) is 1.66. The van der Waals surface area contributed by atoms with Crippen molar-refractivity contribution < 1.29 is 534 Å². The van der Waals surface area contributed by atoms with Gasteiger partial charge in [0.25, 0.3) is 11.7 Å². The quantitative estimate of drug-likeness (QED) is 0.112. The molecule has 0 radical (unpaired) electrons. The third kappa shape index (κ3) is 12.1. The summed E-state index contributed by atoms with van der Waals surface area (Å²) in [6, 6.07) is -1.98. The van der Waals surface area contributed by atoms with Gasteiger partial charge in [-0.15, -0.1) is 6.58 Å². The minimum absolute atomic E-state index is 0. The van der Waals surface area contributed by atoms with Gasteiger partial charge in [-0.2, -0.15) is 0 Å². The normalized spacial score (nSPS) is 42.5. The van der Waals surface area contributed by atoms with Crippen molar-refractivity contribution in [3.05, 3.63) is 35.5 Å². The first-order valence-electron chi connectivity index (χ1n) is 29.5. The Bertz CT molecular complexity index is 2400. The number of rotatable bonds is 12. The van der Waals surface area contributed by atoms with Crippen LogP contribution in [0.2, 0.25) is 0 Å². The van der Waals surface area contributed by atoms with E-state index in [0.717, 1.165) is 23.1 Å². The lowest BCUT2D eigenvalue weighted by Gasteiger charge is -2.55. The van der Waals surface area contributed by atoms with Gasteiger partial charge < -0.3 is 43.2 Å². The van der Waals surface area contributed by atoms with Gasteiger partial charge in [-0.1, -0.05) is 99.5 Å². The van der Waals surface area contributed by atoms with Gasteiger partial charge in [0.15, 0.2) is 0 Å². The summed E-state index contributed by atoms with van der Waals surface area (Å²) in [5.74, 6) is -8.88. The van der Waals surface area contributed by atoms with Crippen molar-refractivity contribution in [3.63, 3.8) is 0 Å². The van der Waals surface area contributed by atoms with Crippen LogP contribution in [0.5, 0.6) is 0 Å². The van der Waals surface area contributed by atoms with Crippen LogP contribution in [0.25, 0.3) is 0 Å². The number of carbonyl (C=O) groups is 4. The van der Waals surface area contributed by atoms with E-state index in [-0.39, 0.29) is 545 Å². The van der Waals surface area contributed by atoms with E-state index in [4.69, 9.17) is 37.3 Å². The molecule has 4 rings (SSSR count). The molecule has 5 unspecified atom stereocenters. The first-order valence-corrected chi connectivity index (χ1v) is 28.0. The second-order valence-electron chi connectivity index (χ2n) is 24.8. The van der Waals surface area contributed by atoms with E-state index in [9.17, 15) is 9.90 Å².